The van der Waals surface area contributed by atoms with Crippen LogP contribution in [0.2, 0.25) is 0 Å². The van der Waals surface area contributed by atoms with Crippen LogP contribution in [-0.4, -0.2) is 51.1 Å². The molecule has 7 nitrogen and oxygen atoms in total. The molecule has 2 atom stereocenters. The van der Waals surface area contributed by atoms with Crippen molar-refractivity contribution in [3.8, 4) is 5.75 Å². The third-order valence-corrected chi connectivity index (χ3v) is 7.41. The molecule has 1 aromatic heterocycles. The Hall–Kier alpha value is -1.51. The molecule has 2 aliphatic rings. The number of methoxy groups -OCH3 is 1. The number of rotatable bonds is 3. The predicted octanol–water partition coefficient (Wildman–Crippen LogP) is 3.76. The van der Waals surface area contributed by atoms with E-state index >= 15 is 0 Å². The van der Waals surface area contributed by atoms with E-state index < -0.39 is 17.0 Å². The van der Waals surface area contributed by atoms with E-state index in [4.69, 9.17) is 9.47 Å². The van der Waals surface area contributed by atoms with Crippen molar-refractivity contribution in [1.29, 1.82) is 0 Å². The minimum Gasteiger partial charge on any atom is -0.598 e. The first-order valence-corrected chi connectivity index (χ1v) is 11.7. The van der Waals surface area contributed by atoms with Gasteiger partial charge in [0.2, 0.25) is 0 Å². The quantitative estimate of drug-likeness (QED) is 0.725. The maximum absolute atomic E-state index is 13.0. The Bertz CT molecular complexity index is 780. The maximum atomic E-state index is 13.0. The Morgan fingerprint density at radius 3 is 2.43 bits per heavy atom. The van der Waals surface area contributed by atoms with Crippen molar-refractivity contribution in [2.24, 2.45) is 5.41 Å². The molecule has 0 bridgehead atoms. The second kappa shape index (κ2) is 8.20. The van der Waals surface area contributed by atoms with Crippen molar-refractivity contribution in [3.05, 3.63) is 23.5 Å². The molecule has 168 valence electrons. The van der Waals surface area contributed by atoms with Crippen LogP contribution < -0.4 is 9.46 Å². The van der Waals surface area contributed by atoms with Gasteiger partial charge in [-0.15, -0.1) is 4.72 Å². The molecule has 1 fully saturated rings. The summed E-state index contributed by atoms with van der Waals surface area (Å²) in [6.07, 6.45) is 3.86. The number of carbonyl (C=O) groups is 1. The molecule has 0 saturated carbocycles. The normalized spacial score (nSPS) is 22.0. The molecule has 1 saturated heterocycles. The first kappa shape index (κ1) is 23.2. The lowest BCUT2D eigenvalue weighted by molar-refractivity contribution is 0.00711. The lowest BCUT2D eigenvalue weighted by Crippen LogP contribution is -2.51. The van der Waals surface area contributed by atoms with Gasteiger partial charge in [0.05, 0.1) is 19.3 Å². The van der Waals surface area contributed by atoms with E-state index in [1.807, 2.05) is 47.6 Å². The van der Waals surface area contributed by atoms with Gasteiger partial charge >= 0.3 is 6.09 Å². The number of carbonyl (C=O) groups excluding carboxylic acids is 1. The largest absolute Gasteiger partial charge is 0.598 e. The van der Waals surface area contributed by atoms with Crippen LogP contribution in [0.15, 0.2) is 12.3 Å². The number of amides is 1. The highest BCUT2D eigenvalue weighted by molar-refractivity contribution is 7.90. The molecule has 3 rings (SSSR count). The molecule has 1 amide bonds. The molecule has 1 aromatic rings. The van der Waals surface area contributed by atoms with Crippen LogP contribution in [0.4, 0.5) is 4.79 Å². The van der Waals surface area contributed by atoms with E-state index in [0.29, 0.717) is 18.8 Å². The van der Waals surface area contributed by atoms with Gasteiger partial charge in [-0.25, -0.2) is 4.79 Å². The lowest BCUT2D eigenvalue weighted by atomic mass is 9.73. The minimum atomic E-state index is -1.23. The van der Waals surface area contributed by atoms with Gasteiger partial charge < -0.3 is 18.9 Å². The number of ether oxygens (including phenoxy) is 2. The highest BCUT2D eigenvalue weighted by Gasteiger charge is 2.52. The van der Waals surface area contributed by atoms with Crippen molar-refractivity contribution in [2.75, 3.05) is 20.2 Å². The Morgan fingerprint density at radius 1 is 1.27 bits per heavy atom. The van der Waals surface area contributed by atoms with Crippen molar-refractivity contribution < 1.29 is 18.8 Å². The van der Waals surface area contributed by atoms with E-state index in [9.17, 15) is 9.35 Å². The molecule has 1 spiro atoms. The fraction of sp³-hybridized carbons (Fsp3) is 0.727. The highest BCUT2D eigenvalue weighted by atomic mass is 32.2. The molecule has 8 heteroatoms. The number of hydrogen-bond donors (Lipinski definition) is 1. The Labute approximate surface area is 183 Å². The summed E-state index contributed by atoms with van der Waals surface area (Å²) in [5.41, 5.74) is 1.42. The molecular formula is C22H35N3O4S. The lowest BCUT2D eigenvalue weighted by Gasteiger charge is -2.43. The van der Waals surface area contributed by atoms with Gasteiger partial charge in [0.1, 0.15) is 16.1 Å². The fourth-order valence-corrected chi connectivity index (χ4v) is 5.11. The molecule has 1 N–H and O–H groups in total. The molecule has 30 heavy (non-hydrogen) atoms. The van der Waals surface area contributed by atoms with Crippen LogP contribution in [0, 0.1) is 5.41 Å². The summed E-state index contributed by atoms with van der Waals surface area (Å²) in [5.74, 6) is 0.699. The van der Waals surface area contributed by atoms with Crippen molar-refractivity contribution in [1.82, 2.24) is 14.6 Å². The van der Waals surface area contributed by atoms with Crippen molar-refractivity contribution in [3.63, 3.8) is 0 Å². The summed E-state index contributed by atoms with van der Waals surface area (Å²) in [6, 6.07) is 1.91. The van der Waals surface area contributed by atoms with Gasteiger partial charge in [-0.2, -0.15) is 0 Å². The highest BCUT2D eigenvalue weighted by Crippen LogP contribution is 2.52. The standard InChI is InChI=1S/C22H35N3O4S/c1-20(2,3)29-19(26)25-10-8-22(9-11-25)13-17-16(12-15(28-7)14-23-17)18(22)24-30(27)21(4,5)6/h12,14,18,24H,8-11,13H2,1-7H3/t18-,30+/m0/s1. The van der Waals surface area contributed by atoms with Crippen LogP contribution >= 0.6 is 0 Å². The van der Waals surface area contributed by atoms with Gasteiger partial charge in [-0.05, 0) is 72.4 Å². The molecule has 0 unspecified atom stereocenters. The summed E-state index contributed by atoms with van der Waals surface area (Å²) in [6.45, 7) is 12.8. The average Bonchev–Trinajstić information content (AvgIpc) is 2.92. The van der Waals surface area contributed by atoms with Gasteiger partial charge in [-0.1, -0.05) is 0 Å². The second-order valence-corrected chi connectivity index (χ2v) is 12.3. The summed E-state index contributed by atoms with van der Waals surface area (Å²) in [7, 11) is 1.63. The monoisotopic (exact) mass is 437 g/mol. The zero-order chi connectivity index (χ0) is 22.3. The van der Waals surface area contributed by atoms with E-state index in [0.717, 1.165) is 30.5 Å². The summed E-state index contributed by atoms with van der Waals surface area (Å²) < 4.78 is 27.0. The number of piperidine rings is 1. The number of aromatic nitrogens is 1. The summed E-state index contributed by atoms with van der Waals surface area (Å²) in [5, 5.41) is 0. The van der Waals surface area contributed by atoms with Crippen molar-refractivity contribution in [2.45, 2.75) is 77.2 Å². The number of fused-ring (bicyclic) bond motifs is 1. The predicted molar refractivity (Wildman–Crippen MR) is 118 cm³/mol. The molecule has 1 aliphatic heterocycles. The molecule has 1 aliphatic carbocycles. The third-order valence-electron chi connectivity index (χ3n) is 5.85. The van der Waals surface area contributed by atoms with Gasteiger partial charge in [0, 0.05) is 35.6 Å². The maximum Gasteiger partial charge on any atom is 0.410 e. The number of nitrogens with zero attached hydrogens (tertiary/aromatic N) is 2. The van der Waals surface area contributed by atoms with E-state index in [1.165, 1.54) is 0 Å². The number of pyridine rings is 1. The topological polar surface area (TPSA) is 86.8 Å². The van der Waals surface area contributed by atoms with Gasteiger partial charge in [0.25, 0.3) is 0 Å². The second-order valence-electron chi connectivity index (χ2n) is 10.3. The van der Waals surface area contributed by atoms with Crippen LogP contribution in [0.5, 0.6) is 5.75 Å². The smallest absolute Gasteiger partial charge is 0.410 e. The first-order valence-electron chi connectivity index (χ1n) is 10.5. The zero-order valence-electron chi connectivity index (χ0n) is 19.2. The van der Waals surface area contributed by atoms with Gasteiger partial charge in [-0.3, -0.25) is 4.98 Å². The van der Waals surface area contributed by atoms with Crippen molar-refractivity contribution >= 4 is 17.5 Å². The van der Waals surface area contributed by atoms with E-state index in [1.54, 1.807) is 18.2 Å². The third kappa shape index (κ3) is 4.86. The average molecular weight is 438 g/mol. The number of hydrogen-bond acceptors (Lipinski definition) is 6. The molecule has 0 radical (unpaired) electrons. The SMILES string of the molecule is COc1cnc2c(c1)[C@H](N[S@+]([O-])C(C)(C)C)C1(CCN(C(=O)OC(C)(C)C)CC1)C2. The fourth-order valence-electron chi connectivity index (χ4n) is 4.16. The van der Waals surface area contributed by atoms with Crippen LogP contribution in [-0.2, 0) is 22.5 Å². The van der Waals surface area contributed by atoms with Crippen LogP contribution in [0.3, 0.4) is 0 Å². The molecular weight excluding hydrogens is 402 g/mol. The molecule has 2 heterocycles. The summed E-state index contributed by atoms with van der Waals surface area (Å²) >= 11 is -1.23. The number of likely N-dealkylation sites (tertiary alicyclic amines) is 1. The minimum absolute atomic E-state index is 0.101. The van der Waals surface area contributed by atoms with Crippen LogP contribution in [0.1, 0.15) is 71.7 Å². The van der Waals surface area contributed by atoms with E-state index in [2.05, 4.69) is 9.71 Å². The number of nitrogens with one attached hydrogen (secondary N) is 1. The van der Waals surface area contributed by atoms with E-state index in [-0.39, 0.29) is 22.3 Å². The van der Waals surface area contributed by atoms with Gasteiger partial charge in [0.15, 0.2) is 0 Å². The summed E-state index contributed by atoms with van der Waals surface area (Å²) in [4.78, 5) is 18.9. The Kier molecular flexibility index (Phi) is 6.33. The molecule has 0 aromatic carbocycles. The Balaban J connectivity index is 1.83. The zero-order valence-corrected chi connectivity index (χ0v) is 20.0. The first-order chi connectivity index (χ1) is 13.8. The Morgan fingerprint density at radius 2 is 1.90 bits per heavy atom. The van der Waals surface area contributed by atoms with Crippen LogP contribution in [0.25, 0.3) is 0 Å².